The third-order valence-electron chi connectivity index (χ3n) is 2.83. The first-order valence-electron chi connectivity index (χ1n) is 6.89. The second-order valence-electron chi connectivity index (χ2n) is 5.05. The maximum absolute atomic E-state index is 13.6. The van der Waals surface area contributed by atoms with Gasteiger partial charge in [0.15, 0.2) is 5.76 Å². The average molecular weight is 304 g/mol. The zero-order chi connectivity index (χ0) is 16.1. The van der Waals surface area contributed by atoms with Crippen LogP contribution in [0.2, 0.25) is 0 Å². The normalized spacial score (nSPS) is 10.5. The second kappa shape index (κ2) is 6.89. The van der Waals surface area contributed by atoms with E-state index in [9.17, 15) is 14.0 Å². The Hall–Kier alpha value is -2.63. The highest BCUT2D eigenvalue weighted by Gasteiger charge is 2.15. The molecular formula is C16H17FN2O3. The lowest BCUT2D eigenvalue weighted by atomic mass is 10.1. The van der Waals surface area contributed by atoms with Crippen molar-refractivity contribution < 1.29 is 18.4 Å². The van der Waals surface area contributed by atoms with E-state index in [0.29, 0.717) is 0 Å². The summed E-state index contributed by atoms with van der Waals surface area (Å²) in [7, 11) is 0. The number of rotatable bonds is 5. The monoisotopic (exact) mass is 304 g/mol. The minimum atomic E-state index is -0.526. The van der Waals surface area contributed by atoms with Crippen molar-refractivity contribution in [2.75, 3.05) is 6.54 Å². The van der Waals surface area contributed by atoms with E-state index in [0.717, 1.165) is 0 Å². The van der Waals surface area contributed by atoms with Gasteiger partial charge in [-0.05, 0) is 38.1 Å². The van der Waals surface area contributed by atoms with Crippen LogP contribution in [0.1, 0.15) is 24.4 Å². The highest BCUT2D eigenvalue weighted by atomic mass is 19.1. The molecule has 0 atom stereocenters. The number of benzene rings is 1. The van der Waals surface area contributed by atoms with Crippen LogP contribution in [0.5, 0.6) is 0 Å². The van der Waals surface area contributed by atoms with E-state index in [1.165, 1.54) is 18.2 Å². The van der Waals surface area contributed by atoms with Crippen LogP contribution in [0.15, 0.2) is 40.8 Å². The lowest BCUT2D eigenvalue weighted by Crippen LogP contribution is -2.39. The fraction of sp³-hybridized carbons (Fsp3) is 0.250. The number of furan rings is 1. The lowest BCUT2D eigenvalue weighted by Gasteiger charge is -2.08. The van der Waals surface area contributed by atoms with Gasteiger partial charge >= 0.3 is 0 Å². The van der Waals surface area contributed by atoms with Gasteiger partial charge in [-0.15, -0.1) is 0 Å². The zero-order valence-corrected chi connectivity index (χ0v) is 12.4. The molecule has 2 amide bonds. The Balaban J connectivity index is 2.01. The van der Waals surface area contributed by atoms with Gasteiger partial charge in [-0.1, -0.05) is 12.1 Å². The zero-order valence-electron chi connectivity index (χ0n) is 12.4. The SMILES string of the molecule is CC(C)NC(=O)CNC(=O)c1ccc(-c2ccccc2F)o1. The summed E-state index contributed by atoms with van der Waals surface area (Å²) in [5.74, 6) is -0.962. The van der Waals surface area contributed by atoms with Gasteiger partial charge in [0.1, 0.15) is 11.6 Å². The van der Waals surface area contributed by atoms with Gasteiger partial charge in [0.25, 0.3) is 5.91 Å². The fourth-order valence-corrected chi connectivity index (χ4v) is 1.89. The number of halogens is 1. The van der Waals surface area contributed by atoms with Gasteiger partial charge in [-0.2, -0.15) is 0 Å². The Morgan fingerprint density at radius 3 is 2.59 bits per heavy atom. The van der Waals surface area contributed by atoms with E-state index in [-0.39, 0.29) is 35.6 Å². The van der Waals surface area contributed by atoms with Gasteiger partial charge in [0.2, 0.25) is 5.91 Å². The fourth-order valence-electron chi connectivity index (χ4n) is 1.89. The van der Waals surface area contributed by atoms with Crippen LogP contribution in [0.4, 0.5) is 4.39 Å². The molecule has 1 aromatic carbocycles. The minimum Gasteiger partial charge on any atom is -0.451 e. The number of hydrogen-bond acceptors (Lipinski definition) is 3. The maximum Gasteiger partial charge on any atom is 0.287 e. The molecule has 0 bridgehead atoms. The van der Waals surface area contributed by atoms with Crippen molar-refractivity contribution in [1.82, 2.24) is 10.6 Å². The number of hydrogen-bond donors (Lipinski definition) is 2. The third-order valence-corrected chi connectivity index (χ3v) is 2.83. The first-order chi connectivity index (χ1) is 10.5. The molecule has 1 heterocycles. The van der Waals surface area contributed by atoms with Crippen LogP contribution < -0.4 is 10.6 Å². The molecule has 0 unspecified atom stereocenters. The summed E-state index contributed by atoms with van der Waals surface area (Å²) in [6.45, 7) is 3.51. The van der Waals surface area contributed by atoms with Gasteiger partial charge in [0.05, 0.1) is 12.1 Å². The summed E-state index contributed by atoms with van der Waals surface area (Å²) in [4.78, 5) is 23.3. The summed E-state index contributed by atoms with van der Waals surface area (Å²) < 4.78 is 19.0. The topological polar surface area (TPSA) is 71.3 Å². The molecule has 0 saturated heterocycles. The molecule has 22 heavy (non-hydrogen) atoms. The smallest absolute Gasteiger partial charge is 0.287 e. The van der Waals surface area contributed by atoms with E-state index in [2.05, 4.69) is 10.6 Å². The predicted octanol–water partition coefficient (Wildman–Crippen LogP) is 2.34. The van der Waals surface area contributed by atoms with E-state index >= 15 is 0 Å². The molecule has 0 aliphatic rings. The summed E-state index contributed by atoms with van der Waals surface area (Å²) in [5.41, 5.74) is 0.277. The van der Waals surface area contributed by atoms with Crippen LogP contribution in [0, 0.1) is 5.82 Å². The number of amides is 2. The molecule has 5 nitrogen and oxygen atoms in total. The quantitative estimate of drug-likeness (QED) is 0.890. The Labute approximate surface area is 127 Å². The van der Waals surface area contributed by atoms with Crippen molar-refractivity contribution in [1.29, 1.82) is 0 Å². The van der Waals surface area contributed by atoms with Crippen molar-refractivity contribution in [2.24, 2.45) is 0 Å². The molecule has 0 spiro atoms. The predicted molar refractivity (Wildman–Crippen MR) is 79.7 cm³/mol. The van der Waals surface area contributed by atoms with Crippen molar-refractivity contribution in [3.8, 4) is 11.3 Å². The molecule has 0 aliphatic heterocycles. The molecule has 0 fully saturated rings. The lowest BCUT2D eigenvalue weighted by molar-refractivity contribution is -0.120. The van der Waals surface area contributed by atoms with Gasteiger partial charge < -0.3 is 15.1 Å². The Bertz CT molecular complexity index is 680. The maximum atomic E-state index is 13.6. The Kier molecular flexibility index (Phi) is 4.93. The van der Waals surface area contributed by atoms with Gasteiger partial charge in [-0.3, -0.25) is 9.59 Å². The highest BCUT2D eigenvalue weighted by molar-refractivity contribution is 5.94. The minimum absolute atomic E-state index is 0.000623. The summed E-state index contributed by atoms with van der Waals surface area (Å²) in [6, 6.07) is 9.08. The molecule has 0 radical (unpaired) electrons. The molecule has 2 N–H and O–H groups in total. The standard InChI is InChI=1S/C16H17FN2O3/c1-10(2)19-15(20)9-18-16(21)14-8-7-13(22-14)11-5-3-4-6-12(11)17/h3-8,10H,9H2,1-2H3,(H,18,21)(H,19,20). The van der Waals surface area contributed by atoms with E-state index < -0.39 is 11.7 Å². The summed E-state index contributed by atoms with van der Waals surface area (Å²) in [5, 5.41) is 5.10. The van der Waals surface area contributed by atoms with E-state index in [1.54, 1.807) is 18.2 Å². The van der Waals surface area contributed by atoms with Crippen molar-refractivity contribution >= 4 is 11.8 Å². The van der Waals surface area contributed by atoms with Crippen LogP contribution in [0.25, 0.3) is 11.3 Å². The highest BCUT2D eigenvalue weighted by Crippen LogP contribution is 2.24. The molecule has 2 aromatic rings. The first kappa shape index (κ1) is 15.8. The van der Waals surface area contributed by atoms with Crippen LogP contribution in [-0.2, 0) is 4.79 Å². The van der Waals surface area contributed by atoms with Crippen molar-refractivity contribution in [2.45, 2.75) is 19.9 Å². The van der Waals surface area contributed by atoms with Gasteiger partial charge in [0, 0.05) is 6.04 Å². The van der Waals surface area contributed by atoms with E-state index in [4.69, 9.17) is 4.42 Å². The van der Waals surface area contributed by atoms with Crippen LogP contribution >= 0.6 is 0 Å². The average Bonchev–Trinajstić information content (AvgIpc) is 2.94. The molecule has 0 saturated carbocycles. The Morgan fingerprint density at radius 1 is 1.18 bits per heavy atom. The molecule has 6 heteroatoms. The van der Waals surface area contributed by atoms with Crippen molar-refractivity contribution in [3.05, 3.63) is 48.0 Å². The molecular weight excluding hydrogens is 287 g/mol. The Morgan fingerprint density at radius 2 is 1.91 bits per heavy atom. The molecule has 2 rings (SSSR count). The second-order valence-corrected chi connectivity index (χ2v) is 5.05. The van der Waals surface area contributed by atoms with Crippen LogP contribution in [-0.4, -0.2) is 24.4 Å². The van der Waals surface area contributed by atoms with Crippen LogP contribution in [0.3, 0.4) is 0 Å². The summed E-state index contributed by atoms with van der Waals surface area (Å²) in [6.07, 6.45) is 0. The molecule has 0 aliphatic carbocycles. The number of nitrogens with one attached hydrogen (secondary N) is 2. The summed E-state index contributed by atoms with van der Waals surface area (Å²) >= 11 is 0. The van der Waals surface area contributed by atoms with Gasteiger partial charge in [-0.25, -0.2) is 4.39 Å². The molecule has 116 valence electrons. The first-order valence-corrected chi connectivity index (χ1v) is 6.89. The van der Waals surface area contributed by atoms with Crippen molar-refractivity contribution in [3.63, 3.8) is 0 Å². The number of carbonyl (C=O) groups excluding carboxylic acids is 2. The molecule has 1 aromatic heterocycles. The third kappa shape index (κ3) is 3.94. The van der Waals surface area contributed by atoms with E-state index in [1.807, 2.05) is 13.8 Å². The number of carbonyl (C=O) groups is 2. The largest absolute Gasteiger partial charge is 0.451 e.